The largest absolute Gasteiger partial charge is 0.303 e. The lowest BCUT2D eigenvalue weighted by Crippen LogP contribution is -2.35. The highest BCUT2D eigenvalue weighted by Gasteiger charge is 2.18. The van der Waals surface area contributed by atoms with E-state index < -0.39 is 10.0 Å². The molecule has 0 radical (unpaired) electrons. The summed E-state index contributed by atoms with van der Waals surface area (Å²) in [5, 5.41) is 0. The molecule has 1 aromatic rings. The van der Waals surface area contributed by atoms with Crippen molar-refractivity contribution in [2.75, 3.05) is 20.1 Å². The number of likely N-dealkylation sites (N-methyl/N-ethyl adjacent to an activating group) is 1. The van der Waals surface area contributed by atoms with Gasteiger partial charge in [-0.3, -0.25) is 0 Å². The van der Waals surface area contributed by atoms with E-state index in [-0.39, 0.29) is 0 Å². The maximum absolute atomic E-state index is 12.0. The van der Waals surface area contributed by atoms with E-state index in [1.807, 2.05) is 14.0 Å². The quantitative estimate of drug-likeness (QED) is 0.853. The molecule has 0 saturated heterocycles. The minimum absolute atomic E-state index is 0.360. The molecule has 0 amide bonds. The number of aryl methyl sites for hydroxylation is 1. The van der Waals surface area contributed by atoms with E-state index in [1.54, 1.807) is 6.07 Å². The number of hydrogen-bond donors (Lipinski definition) is 1. The second kappa shape index (κ2) is 6.47. The number of nitrogens with one attached hydrogen (secondary N) is 1. The van der Waals surface area contributed by atoms with Crippen LogP contribution in [-0.2, 0) is 10.0 Å². The predicted molar refractivity (Wildman–Crippen MR) is 79.7 cm³/mol. The summed E-state index contributed by atoms with van der Waals surface area (Å²) >= 11 is 4.58. The Labute approximate surface area is 122 Å². The molecule has 0 spiro atoms. The summed E-state index contributed by atoms with van der Waals surface area (Å²) in [6, 6.07) is 2.09. The van der Waals surface area contributed by atoms with Crippen LogP contribution in [0.15, 0.2) is 14.1 Å². The summed E-state index contributed by atoms with van der Waals surface area (Å²) in [5.74, 6) is 0. The van der Waals surface area contributed by atoms with Crippen molar-refractivity contribution in [1.29, 1.82) is 0 Å². The average molecular weight is 355 g/mol. The number of thiophene rings is 1. The Bertz CT molecular complexity index is 478. The smallest absolute Gasteiger partial charge is 0.250 e. The molecule has 0 aromatic carbocycles. The highest BCUT2D eigenvalue weighted by molar-refractivity contribution is 9.11. The maximum Gasteiger partial charge on any atom is 0.250 e. The van der Waals surface area contributed by atoms with E-state index >= 15 is 0 Å². The van der Waals surface area contributed by atoms with Gasteiger partial charge in [0.15, 0.2) is 0 Å². The van der Waals surface area contributed by atoms with Gasteiger partial charge in [-0.25, -0.2) is 13.1 Å². The van der Waals surface area contributed by atoms with E-state index in [2.05, 4.69) is 39.4 Å². The minimum atomic E-state index is -3.37. The lowest BCUT2D eigenvalue weighted by molar-refractivity contribution is 0.278. The van der Waals surface area contributed by atoms with E-state index in [0.29, 0.717) is 23.3 Å². The fourth-order valence-electron chi connectivity index (χ4n) is 1.25. The Kier molecular flexibility index (Phi) is 5.79. The molecule has 0 aliphatic rings. The average Bonchev–Trinajstić information content (AvgIpc) is 2.59. The summed E-state index contributed by atoms with van der Waals surface area (Å²) in [6.07, 6.45) is 0. The van der Waals surface area contributed by atoms with Crippen molar-refractivity contribution in [3.63, 3.8) is 0 Å². The SMILES string of the molecule is Cc1cc(S(=O)(=O)NCCN(C)C(C)C)sc1Br. The first kappa shape index (κ1) is 16.1. The maximum atomic E-state index is 12.0. The lowest BCUT2D eigenvalue weighted by Gasteiger charge is -2.20. The molecule has 7 heteroatoms. The molecule has 0 bridgehead atoms. The van der Waals surface area contributed by atoms with Gasteiger partial charge in [-0.15, -0.1) is 11.3 Å². The molecule has 104 valence electrons. The van der Waals surface area contributed by atoms with Crippen LogP contribution in [0.5, 0.6) is 0 Å². The molecule has 0 aliphatic carbocycles. The van der Waals surface area contributed by atoms with Crippen LogP contribution in [0.3, 0.4) is 0 Å². The van der Waals surface area contributed by atoms with Crippen LogP contribution < -0.4 is 4.72 Å². The molecule has 1 heterocycles. The van der Waals surface area contributed by atoms with Gasteiger partial charge in [0, 0.05) is 19.1 Å². The van der Waals surface area contributed by atoms with Gasteiger partial charge < -0.3 is 4.90 Å². The van der Waals surface area contributed by atoms with E-state index in [1.165, 1.54) is 11.3 Å². The highest BCUT2D eigenvalue weighted by atomic mass is 79.9. The Balaban J connectivity index is 2.61. The van der Waals surface area contributed by atoms with Gasteiger partial charge in [-0.05, 0) is 55.4 Å². The van der Waals surface area contributed by atoms with Crippen molar-refractivity contribution < 1.29 is 8.42 Å². The van der Waals surface area contributed by atoms with E-state index in [9.17, 15) is 8.42 Å². The van der Waals surface area contributed by atoms with Crippen LogP contribution in [0.25, 0.3) is 0 Å². The zero-order chi connectivity index (χ0) is 13.9. The third-order valence-electron chi connectivity index (χ3n) is 2.74. The molecule has 0 aliphatic heterocycles. The summed E-state index contributed by atoms with van der Waals surface area (Å²) < 4.78 is 27.9. The predicted octanol–water partition coefficient (Wildman–Crippen LogP) is 2.44. The van der Waals surface area contributed by atoms with Gasteiger partial charge >= 0.3 is 0 Å². The first-order chi connectivity index (χ1) is 8.24. The number of sulfonamides is 1. The molecular formula is C11H19BrN2O2S2. The van der Waals surface area contributed by atoms with Crippen LogP contribution in [0.1, 0.15) is 19.4 Å². The molecule has 1 N–H and O–H groups in total. The van der Waals surface area contributed by atoms with Crippen LogP contribution in [-0.4, -0.2) is 39.5 Å². The first-order valence-corrected chi connectivity index (χ1v) is 8.79. The molecule has 0 fully saturated rings. The van der Waals surface area contributed by atoms with Crippen molar-refractivity contribution in [1.82, 2.24) is 9.62 Å². The van der Waals surface area contributed by atoms with Gasteiger partial charge in [0.1, 0.15) is 4.21 Å². The van der Waals surface area contributed by atoms with Crippen molar-refractivity contribution >= 4 is 37.3 Å². The second-order valence-corrected chi connectivity index (χ2v) is 8.86. The fourth-order valence-corrected chi connectivity index (χ4v) is 4.54. The first-order valence-electron chi connectivity index (χ1n) is 5.70. The third-order valence-corrected chi connectivity index (χ3v) is 6.81. The molecule has 18 heavy (non-hydrogen) atoms. The molecule has 1 aromatic heterocycles. The van der Waals surface area contributed by atoms with Crippen molar-refractivity contribution in [3.8, 4) is 0 Å². The zero-order valence-corrected chi connectivity index (χ0v) is 14.2. The number of nitrogens with zero attached hydrogens (tertiary/aromatic N) is 1. The molecular weight excluding hydrogens is 336 g/mol. The Morgan fingerprint density at radius 2 is 2.11 bits per heavy atom. The topological polar surface area (TPSA) is 49.4 Å². The molecule has 0 unspecified atom stereocenters. The fraction of sp³-hybridized carbons (Fsp3) is 0.636. The van der Waals surface area contributed by atoms with Crippen molar-refractivity contribution in [2.45, 2.75) is 31.0 Å². The Morgan fingerprint density at radius 3 is 2.56 bits per heavy atom. The normalized spacial score (nSPS) is 12.6. The standard InChI is InChI=1S/C11H19BrN2O2S2/c1-8(2)14(4)6-5-13-18(15,16)10-7-9(3)11(12)17-10/h7-8,13H,5-6H2,1-4H3. The summed E-state index contributed by atoms with van der Waals surface area (Å²) in [7, 11) is -1.39. The summed E-state index contributed by atoms with van der Waals surface area (Å²) in [5.41, 5.74) is 0.944. The Hall–Kier alpha value is 0.0500. The second-order valence-electron chi connectivity index (χ2n) is 4.49. The van der Waals surface area contributed by atoms with Gasteiger partial charge in [-0.1, -0.05) is 0 Å². The number of hydrogen-bond acceptors (Lipinski definition) is 4. The highest BCUT2D eigenvalue weighted by Crippen LogP contribution is 2.30. The molecule has 4 nitrogen and oxygen atoms in total. The van der Waals surface area contributed by atoms with Crippen molar-refractivity contribution in [3.05, 3.63) is 15.4 Å². The van der Waals surface area contributed by atoms with Gasteiger partial charge in [-0.2, -0.15) is 0 Å². The van der Waals surface area contributed by atoms with Crippen LogP contribution >= 0.6 is 27.3 Å². The van der Waals surface area contributed by atoms with Crippen LogP contribution in [0.2, 0.25) is 0 Å². The molecule has 0 atom stereocenters. The zero-order valence-electron chi connectivity index (χ0n) is 11.0. The van der Waals surface area contributed by atoms with Crippen LogP contribution in [0, 0.1) is 6.92 Å². The van der Waals surface area contributed by atoms with E-state index in [4.69, 9.17) is 0 Å². The Morgan fingerprint density at radius 1 is 1.50 bits per heavy atom. The number of halogens is 1. The minimum Gasteiger partial charge on any atom is -0.303 e. The summed E-state index contributed by atoms with van der Waals surface area (Å²) in [4.78, 5) is 2.10. The monoisotopic (exact) mass is 354 g/mol. The van der Waals surface area contributed by atoms with Gasteiger partial charge in [0.25, 0.3) is 0 Å². The number of rotatable bonds is 6. The van der Waals surface area contributed by atoms with Crippen molar-refractivity contribution in [2.24, 2.45) is 0 Å². The molecule has 0 saturated carbocycles. The summed E-state index contributed by atoms with van der Waals surface area (Å²) in [6.45, 7) is 7.16. The lowest BCUT2D eigenvalue weighted by atomic mass is 10.3. The van der Waals surface area contributed by atoms with Crippen LogP contribution in [0.4, 0.5) is 0 Å². The molecule has 1 rings (SSSR count). The van der Waals surface area contributed by atoms with Gasteiger partial charge in [0.2, 0.25) is 10.0 Å². The van der Waals surface area contributed by atoms with E-state index in [0.717, 1.165) is 9.35 Å². The van der Waals surface area contributed by atoms with Gasteiger partial charge in [0.05, 0.1) is 3.79 Å². The third kappa shape index (κ3) is 4.31.